The lowest BCUT2D eigenvalue weighted by molar-refractivity contribution is 0.167. The molecule has 122 valence electrons. The van der Waals surface area contributed by atoms with Crippen LogP contribution in [0.2, 0.25) is 5.02 Å². The van der Waals surface area contributed by atoms with E-state index in [1.165, 1.54) is 11.1 Å². The highest BCUT2D eigenvalue weighted by atomic mass is 35.5. The maximum Gasteiger partial charge on any atom is 0.0406 e. The van der Waals surface area contributed by atoms with Crippen molar-refractivity contribution in [3.63, 3.8) is 0 Å². The molecule has 1 aliphatic rings. The van der Waals surface area contributed by atoms with Crippen LogP contribution >= 0.6 is 11.6 Å². The Balaban J connectivity index is 2.17. The maximum absolute atomic E-state index is 6.05. The Labute approximate surface area is 140 Å². The molecule has 0 radical (unpaired) electrons. The van der Waals surface area contributed by atoms with E-state index in [0.717, 1.165) is 24.7 Å². The monoisotopic (exact) mass is 320 g/mol. The van der Waals surface area contributed by atoms with E-state index in [-0.39, 0.29) is 0 Å². The number of nitrogens with one attached hydrogen (secondary N) is 1. The fraction of sp³-hybridized carbons (Fsp3) is 0.579. The van der Waals surface area contributed by atoms with Gasteiger partial charge in [-0.1, -0.05) is 49.7 Å². The van der Waals surface area contributed by atoms with E-state index < -0.39 is 0 Å². The Bertz CT molecular complexity index is 485. The summed E-state index contributed by atoms with van der Waals surface area (Å²) in [6.07, 6.45) is 0. The minimum absolute atomic E-state index is 0.370. The Hall–Kier alpha value is -0.830. The molecule has 1 aromatic rings. The Morgan fingerprint density at radius 1 is 1.23 bits per heavy atom. The molecule has 0 unspecified atom stereocenters. The first-order valence-electron chi connectivity index (χ1n) is 8.29. The number of benzene rings is 1. The van der Waals surface area contributed by atoms with Crippen molar-refractivity contribution in [3.05, 3.63) is 47.0 Å². The summed E-state index contributed by atoms with van der Waals surface area (Å²) in [5.41, 5.74) is 2.63. The summed E-state index contributed by atoms with van der Waals surface area (Å²) in [5, 5.41) is 4.39. The van der Waals surface area contributed by atoms with Crippen LogP contribution in [0.3, 0.4) is 0 Å². The van der Waals surface area contributed by atoms with E-state index in [2.05, 4.69) is 56.6 Å². The van der Waals surface area contributed by atoms with Gasteiger partial charge in [-0.25, -0.2) is 0 Å². The average Bonchev–Trinajstić information content (AvgIpc) is 2.44. The number of halogens is 1. The minimum atomic E-state index is 0.370. The van der Waals surface area contributed by atoms with Crippen LogP contribution in [0.15, 0.2) is 36.4 Å². The van der Waals surface area contributed by atoms with Crippen LogP contribution in [-0.4, -0.2) is 36.6 Å². The van der Waals surface area contributed by atoms with E-state index in [4.69, 9.17) is 11.6 Å². The van der Waals surface area contributed by atoms with Crippen LogP contribution in [0.25, 0.3) is 0 Å². The molecule has 1 N–H and O–H groups in total. The smallest absolute Gasteiger partial charge is 0.0406 e. The van der Waals surface area contributed by atoms with Gasteiger partial charge in [-0.05, 0) is 37.5 Å². The summed E-state index contributed by atoms with van der Waals surface area (Å²) >= 11 is 6.05. The predicted molar refractivity (Wildman–Crippen MR) is 96.7 cm³/mol. The standard InChI is InChI=1S/C19H29ClN2/c1-13(2)16(5)19(17-6-8-18(20)9-7-17)12-22-10-14(3)21-15(4)11-22/h6-9,13-15,19,21H,5,10-12H2,1-4H3/t14-,15+,19-/m0/s1. The summed E-state index contributed by atoms with van der Waals surface area (Å²) < 4.78 is 0. The SMILES string of the molecule is C=C(C(C)C)[C@H](CN1C[C@@H](C)N[C@@H](C)C1)c1ccc(Cl)cc1. The third-order valence-electron chi connectivity index (χ3n) is 4.54. The lowest BCUT2D eigenvalue weighted by atomic mass is 9.85. The molecule has 2 rings (SSSR count). The molecule has 1 saturated heterocycles. The summed E-state index contributed by atoms with van der Waals surface area (Å²) in [5.74, 6) is 0.855. The Morgan fingerprint density at radius 2 is 1.77 bits per heavy atom. The van der Waals surface area contributed by atoms with Crippen molar-refractivity contribution in [1.29, 1.82) is 0 Å². The molecular formula is C19H29ClN2. The van der Waals surface area contributed by atoms with Gasteiger partial charge in [-0.2, -0.15) is 0 Å². The largest absolute Gasteiger partial charge is 0.309 e. The molecular weight excluding hydrogens is 292 g/mol. The zero-order valence-corrected chi connectivity index (χ0v) is 15.0. The first-order valence-corrected chi connectivity index (χ1v) is 8.67. The van der Waals surface area contributed by atoms with E-state index in [9.17, 15) is 0 Å². The second-order valence-corrected chi connectivity index (χ2v) is 7.46. The number of nitrogens with zero attached hydrogens (tertiary/aromatic N) is 1. The van der Waals surface area contributed by atoms with Crippen molar-refractivity contribution >= 4 is 11.6 Å². The highest BCUT2D eigenvalue weighted by Crippen LogP contribution is 2.30. The van der Waals surface area contributed by atoms with Crippen LogP contribution in [0.4, 0.5) is 0 Å². The molecule has 1 aromatic carbocycles. The van der Waals surface area contributed by atoms with Gasteiger partial charge in [0.05, 0.1) is 0 Å². The van der Waals surface area contributed by atoms with Crippen LogP contribution in [0, 0.1) is 5.92 Å². The predicted octanol–water partition coefficient (Wildman–Crippen LogP) is 4.32. The molecule has 0 aromatic heterocycles. The summed E-state index contributed by atoms with van der Waals surface area (Å²) in [6.45, 7) is 16.6. The van der Waals surface area contributed by atoms with E-state index in [1.807, 2.05) is 12.1 Å². The van der Waals surface area contributed by atoms with Crippen LogP contribution < -0.4 is 5.32 Å². The molecule has 3 heteroatoms. The van der Waals surface area contributed by atoms with Gasteiger partial charge in [0.15, 0.2) is 0 Å². The van der Waals surface area contributed by atoms with Crippen LogP contribution in [-0.2, 0) is 0 Å². The normalized spacial score (nSPS) is 24.5. The van der Waals surface area contributed by atoms with E-state index in [0.29, 0.717) is 23.9 Å². The summed E-state index contributed by atoms with van der Waals surface area (Å²) in [7, 11) is 0. The van der Waals surface area contributed by atoms with Crippen molar-refractivity contribution in [3.8, 4) is 0 Å². The van der Waals surface area contributed by atoms with Gasteiger partial charge in [-0.3, -0.25) is 4.90 Å². The fourth-order valence-corrected chi connectivity index (χ4v) is 3.51. The van der Waals surface area contributed by atoms with E-state index >= 15 is 0 Å². The zero-order valence-electron chi connectivity index (χ0n) is 14.3. The molecule has 0 saturated carbocycles. The van der Waals surface area contributed by atoms with Crippen molar-refractivity contribution in [1.82, 2.24) is 10.2 Å². The molecule has 1 aliphatic heterocycles. The summed E-state index contributed by atoms with van der Waals surface area (Å²) in [6, 6.07) is 9.36. The van der Waals surface area contributed by atoms with Gasteiger partial charge < -0.3 is 5.32 Å². The first kappa shape index (κ1) is 17.5. The van der Waals surface area contributed by atoms with Gasteiger partial charge in [0.1, 0.15) is 0 Å². The molecule has 0 spiro atoms. The quantitative estimate of drug-likeness (QED) is 0.813. The number of hydrogen-bond donors (Lipinski definition) is 1. The van der Waals surface area contributed by atoms with Gasteiger partial charge in [0.25, 0.3) is 0 Å². The van der Waals surface area contributed by atoms with Crippen molar-refractivity contribution in [2.75, 3.05) is 19.6 Å². The van der Waals surface area contributed by atoms with Gasteiger partial charge in [0, 0.05) is 42.7 Å². The highest BCUT2D eigenvalue weighted by Gasteiger charge is 2.26. The average molecular weight is 321 g/mol. The van der Waals surface area contributed by atoms with Crippen molar-refractivity contribution < 1.29 is 0 Å². The molecule has 2 nitrogen and oxygen atoms in total. The lowest BCUT2D eigenvalue weighted by Gasteiger charge is -2.39. The van der Waals surface area contributed by atoms with Gasteiger partial charge in [0.2, 0.25) is 0 Å². The van der Waals surface area contributed by atoms with Gasteiger partial charge >= 0.3 is 0 Å². The molecule has 1 fully saturated rings. The topological polar surface area (TPSA) is 15.3 Å². The van der Waals surface area contributed by atoms with Crippen molar-refractivity contribution in [2.45, 2.75) is 45.7 Å². The maximum atomic E-state index is 6.05. The molecule has 0 amide bonds. The Morgan fingerprint density at radius 3 is 2.27 bits per heavy atom. The van der Waals surface area contributed by atoms with Gasteiger partial charge in [-0.15, -0.1) is 0 Å². The number of piperazine rings is 1. The van der Waals surface area contributed by atoms with Crippen LogP contribution in [0.1, 0.15) is 39.2 Å². The summed E-state index contributed by atoms with van der Waals surface area (Å²) in [4.78, 5) is 2.57. The van der Waals surface area contributed by atoms with E-state index in [1.54, 1.807) is 0 Å². The highest BCUT2D eigenvalue weighted by molar-refractivity contribution is 6.30. The fourth-order valence-electron chi connectivity index (χ4n) is 3.38. The van der Waals surface area contributed by atoms with Crippen molar-refractivity contribution in [2.24, 2.45) is 5.92 Å². The molecule has 0 aliphatic carbocycles. The third kappa shape index (κ3) is 4.58. The zero-order chi connectivity index (χ0) is 16.3. The molecule has 3 atom stereocenters. The molecule has 0 bridgehead atoms. The second-order valence-electron chi connectivity index (χ2n) is 7.02. The molecule has 22 heavy (non-hydrogen) atoms. The second kappa shape index (κ2) is 7.63. The number of rotatable bonds is 5. The molecule has 1 heterocycles. The first-order chi connectivity index (χ1) is 10.4. The Kier molecular flexibility index (Phi) is 6.08. The number of hydrogen-bond acceptors (Lipinski definition) is 2. The van der Waals surface area contributed by atoms with Crippen LogP contribution in [0.5, 0.6) is 0 Å². The lowest BCUT2D eigenvalue weighted by Crippen LogP contribution is -2.55. The minimum Gasteiger partial charge on any atom is -0.309 e. The third-order valence-corrected chi connectivity index (χ3v) is 4.79.